The van der Waals surface area contributed by atoms with Gasteiger partial charge in [0.05, 0.1) is 6.61 Å². The number of hydrogen-bond acceptors (Lipinski definition) is 3. The van der Waals surface area contributed by atoms with Crippen molar-refractivity contribution in [2.75, 3.05) is 13.2 Å². The Kier molecular flexibility index (Phi) is 5.91. The molecule has 1 rings (SSSR count). The average Bonchev–Trinajstić information content (AvgIpc) is 2.67. The molecule has 1 aromatic rings. The summed E-state index contributed by atoms with van der Waals surface area (Å²) < 4.78 is 5.37. The van der Waals surface area contributed by atoms with Crippen LogP contribution in [0, 0.1) is 0 Å². The van der Waals surface area contributed by atoms with Crippen LogP contribution in [0.15, 0.2) is 16.8 Å². The summed E-state index contributed by atoms with van der Waals surface area (Å²) in [7, 11) is 0. The lowest BCUT2D eigenvalue weighted by Crippen LogP contribution is -2.38. The zero-order valence-corrected chi connectivity index (χ0v) is 10.6. The van der Waals surface area contributed by atoms with Crippen molar-refractivity contribution < 1.29 is 4.74 Å². The van der Waals surface area contributed by atoms with Gasteiger partial charge in [-0.15, -0.1) is 0 Å². The molecule has 0 aliphatic heterocycles. The molecule has 15 heavy (non-hydrogen) atoms. The van der Waals surface area contributed by atoms with Crippen LogP contribution in [-0.4, -0.2) is 25.3 Å². The third-order valence-electron chi connectivity index (χ3n) is 2.26. The molecule has 0 amide bonds. The second kappa shape index (κ2) is 6.99. The van der Waals surface area contributed by atoms with Crippen LogP contribution in [0.1, 0.15) is 26.3 Å². The van der Waals surface area contributed by atoms with Crippen molar-refractivity contribution in [3.8, 4) is 0 Å². The molecule has 0 fully saturated rings. The Balaban J connectivity index is 2.20. The lowest BCUT2D eigenvalue weighted by atomic mass is 10.1. The molecule has 1 aromatic heterocycles. The third-order valence-corrected chi connectivity index (χ3v) is 3.00. The number of nitrogens with one attached hydrogen (secondary N) is 1. The van der Waals surface area contributed by atoms with Gasteiger partial charge in [0.15, 0.2) is 0 Å². The van der Waals surface area contributed by atoms with Crippen molar-refractivity contribution in [2.24, 2.45) is 0 Å². The first-order valence-electron chi connectivity index (χ1n) is 5.57. The lowest BCUT2D eigenvalue weighted by Gasteiger charge is -2.19. The largest absolute Gasteiger partial charge is 0.380 e. The van der Waals surface area contributed by atoms with Gasteiger partial charge in [0.25, 0.3) is 0 Å². The van der Waals surface area contributed by atoms with Crippen molar-refractivity contribution in [2.45, 2.75) is 39.3 Å². The van der Waals surface area contributed by atoms with Gasteiger partial charge in [0, 0.05) is 18.7 Å². The summed E-state index contributed by atoms with van der Waals surface area (Å²) >= 11 is 1.76. The first kappa shape index (κ1) is 12.7. The number of thiophene rings is 1. The van der Waals surface area contributed by atoms with E-state index in [4.69, 9.17) is 4.74 Å². The Bertz CT molecular complexity index is 248. The van der Waals surface area contributed by atoms with E-state index in [0.717, 1.165) is 19.6 Å². The first-order valence-corrected chi connectivity index (χ1v) is 6.51. The molecule has 0 aliphatic rings. The van der Waals surface area contributed by atoms with Gasteiger partial charge in [-0.3, -0.25) is 0 Å². The normalized spacial score (nSPS) is 15.1. The molecule has 1 N–H and O–H groups in total. The van der Waals surface area contributed by atoms with Gasteiger partial charge < -0.3 is 10.1 Å². The van der Waals surface area contributed by atoms with Gasteiger partial charge in [0.2, 0.25) is 0 Å². The van der Waals surface area contributed by atoms with Crippen molar-refractivity contribution in [3.63, 3.8) is 0 Å². The predicted octanol–water partition coefficient (Wildman–Crippen LogP) is 2.69. The predicted molar refractivity (Wildman–Crippen MR) is 66.6 cm³/mol. The summed E-state index contributed by atoms with van der Waals surface area (Å²) in [4.78, 5) is 0. The Labute approximate surface area is 96.7 Å². The second-order valence-electron chi connectivity index (χ2n) is 3.96. The van der Waals surface area contributed by atoms with Crippen LogP contribution in [0.25, 0.3) is 0 Å². The third kappa shape index (κ3) is 5.30. The molecule has 0 saturated carbocycles. The fraction of sp³-hybridized carbons (Fsp3) is 0.667. The zero-order chi connectivity index (χ0) is 11.1. The van der Waals surface area contributed by atoms with E-state index in [2.05, 4.69) is 36.0 Å². The van der Waals surface area contributed by atoms with Crippen LogP contribution in [0.3, 0.4) is 0 Å². The van der Waals surface area contributed by atoms with E-state index in [-0.39, 0.29) is 0 Å². The molecule has 0 aromatic carbocycles. The van der Waals surface area contributed by atoms with Gasteiger partial charge in [-0.2, -0.15) is 11.3 Å². The highest BCUT2D eigenvalue weighted by Crippen LogP contribution is 2.08. The number of ether oxygens (including phenoxy) is 1. The van der Waals surface area contributed by atoms with Gasteiger partial charge >= 0.3 is 0 Å². The highest BCUT2D eigenvalue weighted by atomic mass is 32.1. The molecular weight excluding hydrogens is 206 g/mol. The van der Waals surface area contributed by atoms with Crippen molar-refractivity contribution in [3.05, 3.63) is 22.4 Å². The molecule has 0 saturated heterocycles. The molecule has 0 spiro atoms. The molecule has 2 atom stereocenters. The highest BCUT2D eigenvalue weighted by Gasteiger charge is 2.08. The van der Waals surface area contributed by atoms with Gasteiger partial charge in [-0.25, -0.2) is 0 Å². The summed E-state index contributed by atoms with van der Waals surface area (Å²) in [5.74, 6) is 0. The van der Waals surface area contributed by atoms with E-state index in [1.807, 2.05) is 6.92 Å². The van der Waals surface area contributed by atoms with E-state index in [0.29, 0.717) is 12.1 Å². The molecular formula is C12H21NOS. The molecule has 86 valence electrons. The van der Waals surface area contributed by atoms with Crippen molar-refractivity contribution in [1.82, 2.24) is 5.32 Å². The summed E-state index contributed by atoms with van der Waals surface area (Å²) in [6, 6.07) is 3.13. The summed E-state index contributed by atoms with van der Waals surface area (Å²) in [5, 5.41) is 7.88. The fourth-order valence-corrected chi connectivity index (χ4v) is 2.33. The summed E-state index contributed by atoms with van der Waals surface area (Å²) in [6.07, 6.45) is 1.10. The van der Waals surface area contributed by atoms with E-state index in [1.54, 1.807) is 11.3 Å². The maximum Gasteiger partial charge on any atom is 0.0616 e. The number of hydrogen-bond donors (Lipinski definition) is 1. The van der Waals surface area contributed by atoms with Crippen LogP contribution >= 0.6 is 11.3 Å². The zero-order valence-electron chi connectivity index (χ0n) is 9.82. The molecule has 0 radical (unpaired) electrons. The molecule has 0 bridgehead atoms. The molecule has 2 nitrogen and oxygen atoms in total. The fourth-order valence-electron chi connectivity index (χ4n) is 1.65. The minimum absolute atomic E-state index is 0.429. The molecule has 3 heteroatoms. The van der Waals surface area contributed by atoms with Crippen LogP contribution < -0.4 is 5.32 Å². The quantitative estimate of drug-likeness (QED) is 0.773. The lowest BCUT2D eigenvalue weighted by molar-refractivity contribution is 0.124. The average molecular weight is 227 g/mol. The molecule has 1 heterocycles. The Hall–Kier alpha value is -0.380. The van der Waals surface area contributed by atoms with Crippen LogP contribution in [0.2, 0.25) is 0 Å². The van der Waals surface area contributed by atoms with E-state index >= 15 is 0 Å². The van der Waals surface area contributed by atoms with E-state index in [9.17, 15) is 0 Å². The van der Waals surface area contributed by atoms with Crippen molar-refractivity contribution >= 4 is 11.3 Å². The Morgan fingerprint density at radius 3 is 2.80 bits per heavy atom. The summed E-state index contributed by atoms with van der Waals surface area (Å²) in [6.45, 7) is 8.01. The van der Waals surface area contributed by atoms with Crippen LogP contribution in [0.4, 0.5) is 0 Å². The van der Waals surface area contributed by atoms with Gasteiger partial charge in [-0.05, 0) is 49.6 Å². The standard InChI is InChI=1S/C12H21NOS/c1-4-14-8-11(3)13-10(2)7-12-5-6-15-9-12/h5-6,9-11,13H,4,7-8H2,1-3H3. The minimum atomic E-state index is 0.429. The Morgan fingerprint density at radius 2 is 2.20 bits per heavy atom. The summed E-state index contributed by atoms with van der Waals surface area (Å²) in [5.41, 5.74) is 1.42. The maximum atomic E-state index is 5.37. The smallest absolute Gasteiger partial charge is 0.0616 e. The van der Waals surface area contributed by atoms with Gasteiger partial charge in [0.1, 0.15) is 0 Å². The number of rotatable bonds is 7. The maximum absolute atomic E-state index is 5.37. The minimum Gasteiger partial charge on any atom is -0.380 e. The Morgan fingerprint density at radius 1 is 1.40 bits per heavy atom. The SMILES string of the molecule is CCOCC(C)NC(C)Cc1ccsc1. The van der Waals surface area contributed by atoms with Crippen LogP contribution in [-0.2, 0) is 11.2 Å². The molecule has 2 unspecified atom stereocenters. The monoisotopic (exact) mass is 227 g/mol. The van der Waals surface area contributed by atoms with Crippen molar-refractivity contribution in [1.29, 1.82) is 0 Å². The van der Waals surface area contributed by atoms with Gasteiger partial charge in [-0.1, -0.05) is 0 Å². The van der Waals surface area contributed by atoms with E-state index < -0.39 is 0 Å². The van der Waals surface area contributed by atoms with Crippen LogP contribution in [0.5, 0.6) is 0 Å². The first-order chi connectivity index (χ1) is 7.22. The van der Waals surface area contributed by atoms with E-state index in [1.165, 1.54) is 5.56 Å². The highest BCUT2D eigenvalue weighted by molar-refractivity contribution is 7.07. The molecule has 0 aliphatic carbocycles. The second-order valence-corrected chi connectivity index (χ2v) is 4.74. The topological polar surface area (TPSA) is 21.3 Å².